The minimum absolute atomic E-state index is 0.186. The van der Waals surface area contributed by atoms with Crippen LogP contribution < -0.4 is 9.47 Å². The normalized spacial score (nSPS) is 11.6. The maximum absolute atomic E-state index is 13.5. The number of rotatable bonds is 7. The topological polar surface area (TPSA) is 73.3 Å². The Kier molecular flexibility index (Phi) is 6.05. The molecule has 0 radical (unpaired) electrons. The lowest BCUT2D eigenvalue weighted by Crippen LogP contribution is -2.13. The predicted molar refractivity (Wildman–Crippen MR) is 138 cm³/mol. The first kappa shape index (κ1) is 23.1. The third-order valence-electron chi connectivity index (χ3n) is 5.81. The third-order valence-corrected chi connectivity index (χ3v) is 7.70. The molecule has 6 nitrogen and oxygen atoms in total. The Bertz CT molecular complexity index is 1600. The zero-order valence-electron chi connectivity index (χ0n) is 19.2. The molecule has 0 saturated heterocycles. The first-order chi connectivity index (χ1) is 16.9. The predicted octanol–water partition coefficient (Wildman–Crippen LogP) is 6.42. The van der Waals surface area contributed by atoms with Crippen LogP contribution in [0.2, 0.25) is 5.02 Å². The van der Waals surface area contributed by atoms with Gasteiger partial charge in [-0.15, -0.1) is 0 Å². The molecule has 0 fully saturated rings. The van der Waals surface area contributed by atoms with E-state index in [1.807, 2.05) is 49.4 Å². The molecular formula is C27H23ClN2O4S. The average Bonchev–Trinajstić information content (AvgIpc) is 3.46. The summed E-state index contributed by atoms with van der Waals surface area (Å²) in [6, 6.07) is 21.9. The van der Waals surface area contributed by atoms with Crippen molar-refractivity contribution in [1.82, 2.24) is 8.96 Å². The van der Waals surface area contributed by atoms with Crippen molar-refractivity contribution in [3.8, 4) is 22.8 Å². The first-order valence-electron chi connectivity index (χ1n) is 10.9. The number of nitrogens with one attached hydrogen (secondary N) is 1. The number of nitrogens with zero attached hydrogens (tertiary/aromatic N) is 1. The summed E-state index contributed by atoms with van der Waals surface area (Å²) in [7, 11) is -2.29. The van der Waals surface area contributed by atoms with Crippen LogP contribution >= 0.6 is 11.6 Å². The number of methoxy groups -OCH3 is 1. The smallest absolute Gasteiger partial charge is 0.268 e. The fraction of sp³-hybridized carbons (Fsp3) is 0.111. The van der Waals surface area contributed by atoms with Crippen LogP contribution in [-0.2, 0) is 16.6 Å². The maximum atomic E-state index is 13.5. The lowest BCUT2D eigenvalue weighted by molar-refractivity contribution is 0.285. The molecule has 8 heteroatoms. The van der Waals surface area contributed by atoms with E-state index >= 15 is 0 Å². The lowest BCUT2D eigenvalue weighted by Gasteiger charge is -2.13. The van der Waals surface area contributed by atoms with Gasteiger partial charge in [0.1, 0.15) is 6.61 Å². The van der Waals surface area contributed by atoms with Gasteiger partial charge in [0.15, 0.2) is 11.5 Å². The van der Waals surface area contributed by atoms with E-state index in [2.05, 4.69) is 4.98 Å². The van der Waals surface area contributed by atoms with Gasteiger partial charge in [-0.25, -0.2) is 12.4 Å². The lowest BCUT2D eigenvalue weighted by atomic mass is 10.1. The standard InChI is InChI=1S/C27H23ClN2O4S/c1-18-8-10-21(11-9-18)35(31,32)30-16-20(28)12-25(30)23-15-29-24-14-27(26(33-2)13-22(23)24)34-17-19-6-4-3-5-7-19/h3-16,29H,17H2,1-2H3. The van der Waals surface area contributed by atoms with Crippen LogP contribution in [0.5, 0.6) is 11.5 Å². The number of fused-ring (bicyclic) bond motifs is 1. The zero-order valence-corrected chi connectivity index (χ0v) is 20.7. The van der Waals surface area contributed by atoms with Crippen molar-refractivity contribution < 1.29 is 17.9 Å². The fourth-order valence-corrected chi connectivity index (χ4v) is 5.61. The van der Waals surface area contributed by atoms with Crippen molar-refractivity contribution in [1.29, 1.82) is 0 Å². The van der Waals surface area contributed by atoms with Gasteiger partial charge in [-0.05, 0) is 36.8 Å². The molecule has 0 bridgehead atoms. The van der Waals surface area contributed by atoms with Crippen molar-refractivity contribution >= 4 is 32.5 Å². The van der Waals surface area contributed by atoms with Crippen LogP contribution in [0.1, 0.15) is 11.1 Å². The molecule has 2 aromatic heterocycles. The number of hydrogen-bond acceptors (Lipinski definition) is 4. The zero-order chi connectivity index (χ0) is 24.6. The fourth-order valence-electron chi connectivity index (χ4n) is 3.98. The highest BCUT2D eigenvalue weighted by molar-refractivity contribution is 7.90. The number of halogens is 1. The highest BCUT2D eigenvalue weighted by atomic mass is 35.5. The monoisotopic (exact) mass is 506 g/mol. The summed E-state index contributed by atoms with van der Waals surface area (Å²) in [5.74, 6) is 1.12. The minimum atomic E-state index is -3.86. The number of ether oxygens (including phenoxy) is 2. The van der Waals surface area contributed by atoms with E-state index in [0.717, 1.165) is 22.0 Å². The summed E-state index contributed by atoms with van der Waals surface area (Å²) >= 11 is 6.30. The van der Waals surface area contributed by atoms with Crippen LogP contribution in [-0.4, -0.2) is 24.5 Å². The van der Waals surface area contributed by atoms with Gasteiger partial charge in [-0.3, -0.25) is 0 Å². The van der Waals surface area contributed by atoms with Crippen molar-refractivity contribution in [3.05, 3.63) is 101 Å². The Morgan fingerprint density at radius 2 is 1.71 bits per heavy atom. The number of aromatic nitrogens is 2. The molecule has 0 atom stereocenters. The Morgan fingerprint density at radius 3 is 2.43 bits per heavy atom. The molecule has 0 aliphatic rings. The van der Waals surface area contributed by atoms with Crippen LogP contribution in [0.15, 0.2) is 90.1 Å². The molecule has 5 rings (SSSR count). The van der Waals surface area contributed by atoms with Gasteiger partial charge in [0.2, 0.25) is 0 Å². The van der Waals surface area contributed by atoms with Gasteiger partial charge in [0.05, 0.1) is 28.2 Å². The van der Waals surface area contributed by atoms with Gasteiger partial charge in [0, 0.05) is 29.4 Å². The van der Waals surface area contributed by atoms with Crippen LogP contribution in [0.25, 0.3) is 22.2 Å². The van der Waals surface area contributed by atoms with Crippen molar-refractivity contribution in [2.24, 2.45) is 0 Å². The number of H-pyrrole nitrogens is 1. The number of aromatic amines is 1. The molecule has 0 spiro atoms. The first-order valence-corrected chi connectivity index (χ1v) is 12.7. The Morgan fingerprint density at radius 1 is 0.971 bits per heavy atom. The highest BCUT2D eigenvalue weighted by Crippen LogP contribution is 2.39. The van der Waals surface area contributed by atoms with Crippen molar-refractivity contribution in [2.45, 2.75) is 18.4 Å². The van der Waals surface area contributed by atoms with E-state index < -0.39 is 10.0 Å². The summed E-state index contributed by atoms with van der Waals surface area (Å²) in [4.78, 5) is 3.41. The van der Waals surface area contributed by atoms with Crippen LogP contribution in [0, 0.1) is 6.92 Å². The molecule has 0 unspecified atom stereocenters. The van der Waals surface area contributed by atoms with E-state index in [-0.39, 0.29) is 4.90 Å². The van der Waals surface area contributed by atoms with Gasteiger partial charge in [0.25, 0.3) is 10.0 Å². The van der Waals surface area contributed by atoms with Crippen LogP contribution in [0.4, 0.5) is 0 Å². The molecule has 3 aromatic carbocycles. The van der Waals surface area contributed by atoms with E-state index in [0.29, 0.717) is 34.4 Å². The quantitative estimate of drug-likeness (QED) is 0.276. The molecule has 0 aliphatic carbocycles. The summed E-state index contributed by atoms with van der Waals surface area (Å²) in [6.07, 6.45) is 3.18. The van der Waals surface area contributed by atoms with Gasteiger partial charge in [-0.2, -0.15) is 0 Å². The molecule has 1 N–H and O–H groups in total. The molecule has 2 heterocycles. The largest absolute Gasteiger partial charge is 0.493 e. The van der Waals surface area contributed by atoms with E-state index in [9.17, 15) is 8.42 Å². The molecule has 0 aliphatic heterocycles. The van der Waals surface area contributed by atoms with Gasteiger partial charge >= 0.3 is 0 Å². The van der Waals surface area contributed by atoms with Crippen molar-refractivity contribution in [2.75, 3.05) is 7.11 Å². The van der Waals surface area contributed by atoms with E-state index in [1.165, 1.54) is 10.2 Å². The Labute approximate surface area is 208 Å². The molecule has 178 valence electrons. The second kappa shape index (κ2) is 9.17. The number of aryl methyl sites for hydroxylation is 1. The summed E-state index contributed by atoms with van der Waals surface area (Å²) in [6.45, 7) is 2.30. The summed E-state index contributed by atoms with van der Waals surface area (Å²) in [5, 5.41) is 1.10. The van der Waals surface area contributed by atoms with Crippen LogP contribution in [0.3, 0.4) is 0 Å². The third kappa shape index (κ3) is 4.40. The summed E-state index contributed by atoms with van der Waals surface area (Å²) in [5.41, 5.74) is 3.91. The maximum Gasteiger partial charge on any atom is 0.268 e. The van der Waals surface area contributed by atoms with Gasteiger partial charge < -0.3 is 14.5 Å². The second-order valence-electron chi connectivity index (χ2n) is 8.18. The SMILES string of the molecule is COc1cc2c(-c3cc(Cl)cn3S(=O)(=O)c3ccc(C)cc3)c[nH]c2cc1OCc1ccccc1. The number of hydrogen-bond donors (Lipinski definition) is 1. The molecule has 0 saturated carbocycles. The Balaban J connectivity index is 1.57. The highest BCUT2D eigenvalue weighted by Gasteiger charge is 2.23. The van der Waals surface area contributed by atoms with Crippen molar-refractivity contribution in [3.63, 3.8) is 0 Å². The number of benzene rings is 3. The molecule has 5 aromatic rings. The summed E-state index contributed by atoms with van der Waals surface area (Å²) < 4.78 is 39.7. The second-order valence-corrected chi connectivity index (χ2v) is 10.4. The van der Waals surface area contributed by atoms with E-state index in [1.54, 1.807) is 43.6 Å². The molecule has 0 amide bonds. The Hall–Kier alpha value is -3.68. The molecular weight excluding hydrogens is 484 g/mol. The molecule has 35 heavy (non-hydrogen) atoms. The minimum Gasteiger partial charge on any atom is -0.493 e. The average molecular weight is 507 g/mol. The van der Waals surface area contributed by atoms with Gasteiger partial charge in [-0.1, -0.05) is 59.6 Å². The van der Waals surface area contributed by atoms with E-state index in [4.69, 9.17) is 21.1 Å².